The van der Waals surface area contributed by atoms with Crippen LogP contribution in [0.2, 0.25) is 0 Å². The second kappa shape index (κ2) is 13.8. The molecule has 1 amide bonds. The van der Waals surface area contributed by atoms with Gasteiger partial charge in [-0.3, -0.25) is 9.36 Å². The fourth-order valence-electron chi connectivity index (χ4n) is 2.99. The maximum atomic E-state index is 12.4. The monoisotopic (exact) mass is 479 g/mol. The van der Waals surface area contributed by atoms with Gasteiger partial charge in [-0.25, -0.2) is 9.59 Å². The van der Waals surface area contributed by atoms with Gasteiger partial charge in [-0.1, -0.05) is 49.7 Å². The molecule has 0 saturated heterocycles. The van der Waals surface area contributed by atoms with Crippen molar-refractivity contribution in [3.05, 3.63) is 94.5 Å². The molecule has 1 aromatic heterocycles. The van der Waals surface area contributed by atoms with Crippen LogP contribution in [0, 0.1) is 0 Å². The first-order valence-corrected chi connectivity index (χ1v) is 11.4. The molecule has 1 atom stereocenters. The van der Waals surface area contributed by atoms with Gasteiger partial charge in [0, 0.05) is 18.4 Å². The summed E-state index contributed by atoms with van der Waals surface area (Å²) in [4.78, 5) is 40.8. The first kappa shape index (κ1) is 25.8. The van der Waals surface area contributed by atoms with Crippen LogP contribution in [0.1, 0.15) is 40.5 Å². The summed E-state index contributed by atoms with van der Waals surface area (Å²) in [6.07, 6.45) is 2.78. The predicted octanol–water partition coefficient (Wildman–Crippen LogP) is 3.51. The number of hydrogen-bond acceptors (Lipinski definition) is 7. The van der Waals surface area contributed by atoms with E-state index in [1.165, 1.54) is 16.8 Å². The lowest BCUT2D eigenvalue weighted by Crippen LogP contribution is -2.32. The molecular formula is C26H29N3O6. The lowest BCUT2D eigenvalue weighted by molar-refractivity contribution is -0.0734. The van der Waals surface area contributed by atoms with Gasteiger partial charge in [-0.2, -0.15) is 4.98 Å². The number of hydrogen-bond donors (Lipinski definition) is 1. The Morgan fingerprint density at radius 1 is 0.971 bits per heavy atom. The minimum atomic E-state index is -0.595. The van der Waals surface area contributed by atoms with Gasteiger partial charge < -0.3 is 19.5 Å². The molecule has 2 aromatic carbocycles. The van der Waals surface area contributed by atoms with Crippen molar-refractivity contribution in [3.63, 3.8) is 0 Å². The number of ether oxygens (including phenoxy) is 3. The smallest absolute Gasteiger partial charge is 0.351 e. The summed E-state index contributed by atoms with van der Waals surface area (Å²) in [5.41, 5.74) is 0.298. The van der Waals surface area contributed by atoms with Crippen LogP contribution in [-0.2, 0) is 20.9 Å². The van der Waals surface area contributed by atoms with Gasteiger partial charge in [-0.15, -0.1) is 0 Å². The lowest BCUT2D eigenvalue weighted by atomic mass is 10.2. The molecule has 35 heavy (non-hydrogen) atoms. The molecule has 9 nitrogen and oxygen atoms in total. The number of aromatic nitrogens is 2. The predicted molar refractivity (Wildman–Crippen MR) is 130 cm³/mol. The van der Waals surface area contributed by atoms with Gasteiger partial charge in [0.15, 0.2) is 0 Å². The van der Waals surface area contributed by atoms with Crippen LogP contribution < -0.4 is 11.0 Å². The second-order valence-corrected chi connectivity index (χ2v) is 7.70. The molecule has 0 saturated carbocycles. The van der Waals surface area contributed by atoms with E-state index in [1.807, 2.05) is 6.07 Å². The fourth-order valence-corrected chi connectivity index (χ4v) is 2.99. The Labute approximate surface area is 203 Å². The van der Waals surface area contributed by atoms with Crippen molar-refractivity contribution in [1.82, 2.24) is 9.55 Å². The highest BCUT2D eigenvalue weighted by atomic mass is 16.6. The van der Waals surface area contributed by atoms with Crippen LogP contribution in [0.4, 0.5) is 5.82 Å². The summed E-state index contributed by atoms with van der Waals surface area (Å²) in [7, 11) is 0. The summed E-state index contributed by atoms with van der Waals surface area (Å²) in [5.74, 6) is -0.697. The molecule has 0 fully saturated rings. The highest BCUT2D eigenvalue weighted by Gasteiger charge is 2.15. The van der Waals surface area contributed by atoms with Crippen LogP contribution in [0.25, 0.3) is 0 Å². The van der Waals surface area contributed by atoms with Crippen molar-refractivity contribution in [1.29, 1.82) is 0 Å². The number of unbranched alkanes of at least 4 members (excludes halogenated alkanes) is 1. The molecule has 0 aliphatic rings. The van der Waals surface area contributed by atoms with Crippen LogP contribution in [0.3, 0.4) is 0 Å². The summed E-state index contributed by atoms with van der Waals surface area (Å²) in [6, 6.07) is 18.8. The molecule has 1 heterocycles. The normalized spacial score (nSPS) is 11.6. The number of nitrogens with zero attached hydrogens (tertiary/aromatic N) is 2. The van der Waals surface area contributed by atoms with E-state index in [1.54, 1.807) is 54.6 Å². The highest BCUT2D eigenvalue weighted by molar-refractivity contribution is 6.03. The van der Waals surface area contributed by atoms with Gasteiger partial charge in [0.2, 0.25) is 0 Å². The number of carbonyl (C=O) groups is 2. The summed E-state index contributed by atoms with van der Waals surface area (Å²) >= 11 is 0. The van der Waals surface area contributed by atoms with Crippen molar-refractivity contribution in [2.24, 2.45) is 0 Å². The SMILES string of the molecule is CCCCOC[C@@H](COC(=O)c1ccccc1)OCn1ccc(NC(=O)c2ccccc2)nc1=O. The number of benzene rings is 2. The minimum absolute atomic E-state index is 0.0345. The quantitative estimate of drug-likeness (QED) is 0.295. The number of esters is 1. The van der Waals surface area contributed by atoms with Crippen LogP contribution in [0.5, 0.6) is 0 Å². The maximum Gasteiger partial charge on any atom is 0.351 e. The summed E-state index contributed by atoms with van der Waals surface area (Å²) < 4.78 is 18.1. The number of rotatable bonds is 13. The van der Waals surface area contributed by atoms with Crippen molar-refractivity contribution in [3.8, 4) is 0 Å². The third kappa shape index (κ3) is 8.47. The van der Waals surface area contributed by atoms with E-state index in [0.29, 0.717) is 17.7 Å². The minimum Gasteiger partial charge on any atom is -0.459 e. The van der Waals surface area contributed by atoms with Gasteiger partial charge >= 0.3 is 11.7 Å². The third-order valence-electron chi connectivity index (χ3n) is 4.96. The number of amides is 1. The Bertz CT molecular complexity index is 1130. The highest BCUT2D eigenvalue weighted by Crippen LogP contribution is 2.07. The zero-order valence-electron chi connectivity index (χ0n) is 19.6. The molecule has 0 unspecified atom stereocenters. The Morgan fingerprint density at radius 3 is 2.31 bits per heavy atom. The molecule has 0 spiro atoms. The van der Waals surface area contributed by atoms with Gasteiger partial charge in [0.1, 0.15) is 25.3 Å². The average molecular weight is 480 g/mol. The zero-order chi connectivity index (χ0) is 24.9. The fraction of sp³-hybridized carbons (Fsp3) is 0.308. The topological polar surface area (TPSA) is 109 Å². The van der Waals surface area contributed by atoms with Crippen molar-refractivity contribution in [2.45, 2.75) is 32.6 Å². The van der Waals surface area contributed by atoms with Crippen LogP contribution in [-0.4, -0.2) is 47.4 Å². The van der Waals surface area contributed by atoms with Gasteiger partial charge in [0.05, 0.1) is 12.2 Å². The molecule has 0 radical (unpaired) electrons. The molecule has 9 heteroatoms. The molecular weight excluding hydrogens is 450 g/mol. The van der Waals surface area contributed by atoms with Crippen molar-refractivity contribution >= 4 is 17.7 Å². The third-order valence-corrected chi connectivity index (χ3v) is 4.96. The summed E-state index contributed by atoms with van der Waals surface area (Å²) in [5, 5.41) is 2.60. The largest absolute Gasteiger partial charge is 0.459 e. The van der Waals surface area contributed by atoms with Gasteiger partial charge in [0.25, 0.3) is 5.91 Å². The molecule has 3 aromatic rings. The maximum absolute atomic E-state index is 12.4. The van der Waals surface area contributed by atoms with E-state index in [0.717, 1.165) is 12.8 Å². The van der Waals surface area contributed by atoms with Crippen LogP contribution >= 0.6 is 0 Å². The van der Waals surface area contributed by atoms with Crippen molar-refractivity contribution < 1.29 is 23.8 Å². The first-order chi connectivity index (χ1) is 17.1. The Balaban J connectivity index is 1.57. The summed E-state index contributed by atoms with van der Waals surface area (Å²) in [6.45, 7) is 2.66. The molecule has 1 N–H and O–H groups in total. The molecule has 0 aliphatic carbocycles. The van der Waals surface area contributed by atoms with E-state index in [-0.39, 0.29) is 31.7 Å². The lowest BCUT2D eigenvalue weighted by Gasteiger charge is -2.19. The Morgan fingerprint density at radius 2 is 1.66 bits per heavy atom. The number of carbonyl (C=O) groups excluding carboxylic acids is 2. The standard InChI is InChI=1S/C26H29N3O6/c1-2-3-16-33-17-22(18-34-25(31)21-12-8-5-9-13-21)35-19-29-15-14-23(28-26(29)32)27-24(30)20-10-6-4-7-11-20/h4-15,22H,2-3,16-19H2,1H3,(H,27,28,30,32)/t22-/m0/s1. The molecule has 0 aliphatic heterocycles. The first-order valence-electron chi connectivity index (χ1n) is 11.4. The molecule has 0 bridgehead atoms. The van der Waals surface area contributed by atoms with E-state index < -0.39 is 17.8 Å². The zero-order valence-corrected chi connectivity index (χ0v) is 19.6. The van der Waals surface area contributed by atoms with E-state index in [4.69, 9.17) is 14.2 Å². The number of anilines is 1. The molecule has 184 valence electrons. The second-order valence-electron chi connectivity index (χ2n) is 7.70. The number of nitrogens with one attached hydrogen (secondary N) is 1. The van der Waals surface area contributed by atoms with Gasteiger partial charge in [-0.05, 0) is 36.8 Å². The van der Waals surface area contributed by atoms with Crippen LogP contribution in [0.15, 0.2) is 77.7 Å². The van der Waals surface area contributed by atoms with Crippen molar-refractivity contribution in [2.75, 3.05) is 25.1 Å². The molecule has 3 rings (SSSR count). The van der Waals surface area contributed by atoms with E-state index in [9.17, 15) is 14.4 Å². The average Bonchev–Trinajstić information content (AvgIpc) is 2.89. The Hall–Kier alpha value is -3.82. The Kier molecular flexibility index (Phi) is 10.2. The van der Waals surface area contributed by atoms with E-state index in [2.05, 4.69) is 17.2 Å². The van der Waals surface area contributed by atoms with E-state index >= 15 is 0 Å².